The van der Waals surface area contributed by atoms with E-state index in [2.05, 4.69) is 30.4 Å². The van der Waals surface area contributed by atoms with Gasteiger partial charge in [-0.05, 0) is 67.8 Å². The highest BCUT2D eigenvalue weighted by Crippen LogP contribution is 2.43. The van der Waals surface area contributed by atoms with Crippen LogP contribution in [0.15, 0.2) is 41.1 Å². The number of allylic oxidation sites excluding steroid dienone is 1. The molecule has 0 amide bonds. The molecule has 0 aromatic rings. The van der Waals surface area contributed by atoms with E-state index < -0.39 is 37.2 Å². The number of nitrogens with one attached hydrogen (secondary N) is 1. The summed E-state index contributed by atoms with van der Waals surface area (Å²) in [6.07, 6.45) is 19.5. The van der Waals surface area contributed by atoms with E-state index in [9.17, 15) is 9.59 Å². The minimum atomic E-state index is -0.712. The van der Waals surface area contributed by atoms with Crippen molar-refractivity contribution in [3.63, 3.8) is 0 Å². The first-order valence-corrected chi connectivity index (χ1v) is 15.3. The summed E-state index contributed by atoms with van der Waals surface area (Å²) in [6.45, 7) is 8.09. The van der Waals surface area contributed by atoms with Crippen LogP contribution in [-0.2, 0) is 19.1 Å². The fourth-order valence-corrected chi connectivity index (χ4v) is 6.39. The molecule has 40 heavy (non-hydrogen) atoms. The maximum atomic E-state index is 12.0. The summed E-state index contributed by atoms with van der Waals surface area (Å²) in [5, 5.41) is 21.6. The SMILES string of the molecule is C=C(CO)C(=O)OCC(COC(=O)C(=C)CO)C1N=CC(C2CCC(C3CCC(CCCCC)CC3)CC2)=CN1. The van der Waals surface area contributed by atoms with Gasteiger partial charge in [0.15, 0.2) is 0 Å². The number of ether oxygens (including phenoxy) is 2. The van der Waals surface area contributed by atoms with E-state index in [4.69, 9.17) is 19.7 Å². The maximum absolute atomic E-state index is 12.0. The third kappa shape index (κ3) is 9.58. The van der Waals surface area contributed by atoms with Crippen molar-refractivity contribution in [2.75, 3.05) is 26.4 Å². The summed E-state index contributed by atoms with van der Waals surface area (Å²) in [6, 6.07) is 0. The highest BCUT2D eigenvalue weighted by atomic mass is 16.5. The van der Waals surface area contributed by atoms with Crippen molar-refractivity contribution in [3.8, 4) is 0 Å². The Morgan fingerprint density at radius 3 is 1.95 bits per heavy atom. The fraction of sp³-hybridized carbons (Fsp3) is 0.719. The largest absolute Gasteiger partial charge is 0.462 e. The van der Waals surface area contributed by atoms with Crippen molar-refractivity contribution in [1.29, 1.82) is 0 Å². The molecule has 224 valence electrons. The van der Waals surface area contributed by atoms with Crippen LogP contribution in [0.25, 0.3) is 0 Å². The van der Waals surface area contributed by atoms with Crippen LogP contribution in [0.1, 0.15) is 84.0 Å². The first-order chi connectivity index (χ1) is 19.4. The van der Waals surface area contributed by atoms with Gasteiger partial charge in [0, 0.05) is 12.4 Å². The van der Waals surface area contributed by atoms with E-state index in [1.807, 2.05) is 12.4 Å². The van der Waals surface area contributed by atoms with Crippen LogP contribution in [0.5, 0.6) is 0 Å². The molecular formula is C32H50N2O6. The number of hydrogen-bond acceptors (Lipinski definition) is 8. The Morgan fingerprint density at radius 1 is 0.925 bits per heavy atom. The van der Waals surface area contributed by atoms with Gasteiger partial charge in [0.2, 0.25) is 0 Å². The molecule has 1 aliphatic heterocycles. The van der Waals surface area contributed by atoms with Crippen molar-refractivity contribution in [2.45, 2.75) is 90.1 Å². The second-order valence-electron chi connectivity index (χ2n) is 11.9. The Balaban J connectivity index is 1.47. The highest BCUT2D eigenvalue weighted by molar-refractivity contribution is 5.88. The van der Waals surface area contributed by atoms with Crippen molar-refractivity contribution in [1.82, 2.24) is 5.32 Å². The number of rotatable bonds is 15. The van der Waals surface area contributed by atoms with Gasteiger partial charge < -0.3 is 25.0 Å². The number of aliphatic imine (C=N–C) groups is 1. The zero-order valence-corrected chi connectivity index (χ0v) is 24.3. The van der Waals surface area contributed by atoms with E-state index in [-0.39, 0.29) is 24.4 Å². The number of carbonyl (C=O) groups excluding carboxylic acids is 2. The maximum Gasteiger partial charge on any atom is 0.335 e. The molecule has 8 heteroatoms. The molecule has 0 aromatic heterocycles. The average molecular weight is 559 g/mol. The molecule has 1 atom stereocenters. The van der Waals surface area contributed by atoms with Crippen LogP contribution >= 0.6 is 0 Å². The Morgan fingerprint density at radius 2 is 1.48 bits per heavy atom. The summed E-state index contributed by atoms with van der Waals surface area (Å²) in [4.78, 5) is 28.7. The topological polar surface area (TPSA) is 117 Å². The van der Waals surface area contributed by atoms with Crippen LogP contribution in [-0.4, -0.2) is 61.0 Å². The number of aliphatic hydroxyl groups excluding tert-OH is 2. The lowest BCUT2D eigenvalue weighted by atomic mass is 9.68. The summed E-state index contributed by atoms with van der Waals surface area (Å²) < 4.78 is 10.6. The van der Waals surface area contributed by atoms with Crippen LogP contribution in [0.3, 0.4) is 0 Å². The highest BCUT2D eigenvalue weighted by Gasteiger charge is 2.33. The van der Waals surface area contributed by atoms with E-state index in [0.717, 1.165) is 17.8 Å². The lowest BCUT2D eigenvalue weighted by molar-refractivity contribution is -0.145. The molecule has 0 radical (unpaired) electrons. The van der Waals surface area contributed by atoms with Gasteiger partial charge in [-0.25, -0.2) is 9.59 Å². The summed E-state index contributed by atoms with van der Waals surface area (Å²) >= 11 is 0. The van der Waals surface area contributed by atoms with Gasteiger partial charge in [0.1, 0.15) is 19.4 Å². The molecule has 0 spiro atoms. The summed E-state index contributed by atoms with van der Waals surface area (Å²) in [5.41, 5.74) is 1.08. The molecule has 3 aliphatic rings. The van der Waals surface area contributed by atoms with Crippen molar-refractivity contribution in [2.24, 2.45) is 34.6 Å². The van der Waals surface area contributed by atoms with Crippen LogP contribution < -0.4 is 5.32 Å². The molecule has 3 rings (SSSR count). The molecule has 0 bridgehead atoms. The minimum Gasteiger partial charge on any atom is -0.462 e. The van der Waals surface area contributed by atoms with Gasteiger partial charge in [-0.1, -0.05) is 58.6 Å². The zero-order chi connectivity index (χ0) is 28.9. The smallest absolute Gasteiger partial charge is 0.335 e. The van der Waals surface area contributed by atoms with Crippen molar-refractivity contribution < 1.29 is 29.3 Å². The van der Waals surface area contributed by atoms with Gasteiger partial charge in [-0.3, -0.25) is 4.99 Å². The Hall–Kier alpha value is -2.45. The van der Waals surface area contributed by atoms with Crippen LogP contribution in [0.4, 0.5) is 0 Å². The lowest BCUT2D eigenvalue weighted by Crippen LogP contribution is -2.40. The van der Waals surface area contributed by atoms with Crippen molar-refractivity contribution >= 4 is 18.2 Å². The van der Waals surface area contributed by atoms with Crippen LogP contribution in [0, 0.1) is 29.6 Å². The van der Waals surface area contributed by atoms with Gasteiger partial charge in [-0.15, -0.1) is 0 Å². The molecule has 0 aromatic carbocycles. The standard InChI is InChI=1S/C32H50N2O6/c1-4-5-6-7-24-8-10-25(11-9-24)26-12-14-27(15-13-26)28-16-33-30(34-17-28)29(20-39-31(37)22(2)18-35)21-40-32(38)23(3)19-36/h16-17,24-27,29-30,33,35-36H,2-15,18-21H2,1H3. The number of unbranched alkanes of at least 4 members (excludes halogenated alkanes) is 2. The lowest BCUT2D eigenvalue weighted by Gasteiger charge is -2.38. The molecular weight excluding hydrogens is 508 g/mol. The number of nitrogens with zero attached hydrogens (tertiary/aromatic N) is 1. The zero-order valence-electron chi connectivity index (χ0n) is 24.3. The molecule has 0 saturated heterocycles. The minimum absolute atomic E-state index is 0.0534. The summed E-state index contributed by atoms with van der Waals surface area (Å²) in [5.74, 6) is 1.29. The Labute approximate surface area is 240 Å². The quantitative estimate of drug-likeness (QED) is 0.149. The first kappa shape index (κ1) is 32.1. The summed E-state index contributed by atoms with van der Waals surface area (Å²) in [7, 11) is 0. The molecule has 2 fully saturated rings. The Bertz CT molecular complexity index is 880. The number of aliphatic hydroxyl groups is 2. The molecule has 3 N–H and O–H groups in total. The monoisotopic (exact) mass is 558 g/mol. The van der Waals surface area contributed by atoms with E-state index in [1.54, 1.807) is 0 Å². The predicted molar refractivity (Wildman–Crippen MR) is 156 cm³/mol. The molecule has 2 aliphatic carbocycles. The normalized spacial score (nSPS) is 26.5. The first-order valence-electron chi connectivity index (χ1n) is 15.3. The number of esters is 2. The van der Waals surface area contributed by atoms with Crippen molar-refractivity contribution in [3.05, 3.63) is 36.1 Å². The molecule has 8 nitrogen and oxygen atoms in total. The molecule has 2 saturated carbocycles. The number of hydrogen-bond donors (Lipinski definition) is 3. The van der Waals surface area contributed by atoms with E-state index in [1.165, 1.54) is 82.6 Å². The predicted octanol–water partition coefficient (Wildman–Crippen LogP) is 4.86. The molecule has 1 unspecified atom stereocenters. The number of carbonyl (C=O) groups is 2. The third-order valence-corrected chi connectivity index (χ3v) is 9.08. The van der Waals surface area contributed by atoms with Gasteiger partial charge in [-0.2, -0.15) is 0 Å². The Kier molecular flexibility index (Phi) is 13.4. The third-order valence-electron chi connectivity index (χ3n) is 9.08. The van der Waals surface area contributed by atoms with Gasteiger partial charge >= 0.3 is 11.9 Å². The second kappa shape index (κ2) is 16.7. The average Bonchev–Trinajstić information content (AvgIpc) is 3.00. The van der Waals surface area contributed by atoms with E-state index in [0.29, 0.717) is 5.92 Å². The van der Waals surface area contributed by atoms with Gasteiger partial charge in [0.05, 0.1) is 30.3 Å². The fourth-order valence-electron chi connectivity index (χ4n) is 6.39. The van der Waals surface area contributed by atoms with Gasteiger partial charge in [0.25, 0.3) is 0 Å². The van der Waals surface area contributed by atoms with E-state index >= 15 is 0 Å². The van der Waals surface area contributed by atoms with Crippen LogP contribution in [0.2, 0.25) is 0 Å². The molecule has 1 heterocycles. The second-order valence-corrected chi connectivity index (χ2v) is 11.9.